The molecule has 0 unspecified atom stereocenters. The van der Waals surface area contributed by atoms with E-state index in [2.05, 4.69) is 0 Å². The maximum atomic E-state index is 11.9. The molecule has 0 heterocycles. The maximum Gasteiger partial charge on any atom is 0.212 e. The van der Waals surface area contributed by atoms with Crippen molar-refractivity contribution in [1.82, 2.24) is 0 Å². The molecule has 2 aliphatic rings. The normalized spacial score (nSPS) is 25.3. The van der Waals surface area contributed by atoms with Crippen LogP contribution in [0.25, 0.3) is 0 Å². The van der Waals surface area contributed by atoms with E-state index in [0.717, 1.165) is 25.7 Å². The van der Waals surface area contributed by atoms with Gasteiger partial charge in [0.2, 0.25) is 10.0 Å². The summed E-state index contributed by atoms with van der Waals surface area (Å²) in [6.07, 6.45) is 11.5. The zero-order valence-corrected chi connectivity index (χ0v) is 11.4. The van der Waals surface area contributed by atoms with Gasteiger partial charge in [-0.15, -0.1) is 0 Å². The Morgan fingerprint density at radius 2 is 1.12 bits per heavy atom. The SMILES string of the molecule is NS(=O)(=O)C(C1CCCCC1)C1CCCCC1. The van der Waals surface area contributed by atoms with E-state index < -0.39 is 10.0 Å². The predicted octanol–water partition coefficient (Wildman–Crippen LogP) is 2.80. The standard InChI is InChI=1S/C13H25NO2S/c14-17(15,16)13(11-7-3-1-4-8-11)12-9-5-2-6-10-12/h11-13H,1-10H2,(H2,14,15,16). The summed E-state index contributed by atoms with van der Waals surface area (Å²) in [5.41, 5.74) is 0. The lowest BCUT2D eigenvalue weighted by Gasteiger charge is -2.36. The number of primary sulfonamides is 1. The van der Waals surface area contributed by atoms with Crippen LogP contribution in [0.2, 0.25) is 0 Å². The molecule has 2 N–H and O–H groups in total. The van der Waals surface area contributed by atoms with Gasteiger partial charge in [-0.05, 0) is 37.5 Å². The number of rotatable bonds is 3. The molecule has 2 aliphatic carbocycles. The van der Waals surface area contributed by atoms with Crippen molar-refractivity contribution in [3.05, 3.63) is 0 Å². The molecule has 0 saturated heterocycles. The van der Waals surface area contributed by atoms with Gasteiger partial charge in [-0.1, -0.05) is 38.5 Å². The Morgan fingerprint density at radius 3 is 1.41 bits per heavy atom. The van der Waals surface area contributed by atoms with E-state index in [9.17, 15) is 8.42 Å². The monoisotopic (exact) mass is 259 g/mol. The third-order valence-electron chi connectivity index (χ3n) is 4.61. The van der Waals surface area contributed by atoms with Gasteiger partial charge in [-0.3, -0.25) is 0 Å². The van der Waals surface area contributed by atoms with Gasteiger partial charge in [0.1, 0.15) is 0 Å². The number of sulfonamides is 1. The fourth-order valence-corrected chi connectivity index (χ4v) is 5.46. The summed E-state index contributed by atoms with van der Waals surface area (Å²) in [6, 6.07) is 0. The number of hydrogen-bond donors (Lipinski definition) is 1. The molecular formula is C13H25NO2S. The molecule has 0 aromatic rings. The average Bonchev–Trinajstić information content (AvgIpc) is 2.30. The second-order valence-electron chi connectivity index (χ2n) is 5.85. The van der Waals surface area contributed by atoms with Crippen LogP contribution in [0.1, 0.15) is 64.2 Å². The molecule has 0 aliphatic heterocycles. The summed E-state index contributed by atoms with van der Waals surface area (Å²) in [7, 11) is -3.36. The number of nitrogens with two attached hydrogens (primary N) is 1. The first-order valence-corrected chi connectivity index (χ1v) is 8.71. The third-order valence-corrected chi connectivity index (χ3v) is 6.14. The van der Waals surface area contributed by atoms with Gasteiger partial charge in [-0.2, -0.15) is 0 Å². The lowest BCUT2D eigenvalue weighted by Crippen LogP contribution is -2.42. The quantitative estimate of drug-likeness (QED) is 0.847. The molecule has 2 rings (SSSR count). The predicted molar refractivity (Wildman–Crippen MR) is 70.0 cm³/mol. The van der Waals surface area contributed by atoms with Crippen LogP contribution in [0.5, 0.6) is 0 Å². The van der Waals surface area contributed by atoms with Crippen LogP contribution in [0.3, 0.4) is 0 Å². The summed E-state index contributed by atoms with van der Waals surface area (Å²) in [5.74, 6) is 0.670. The molecule has 2 saturated carbocycles. The molecule has 0 bridgehead atoms. The molecule has 17 heavy (non-hydrogen) atoms. The molecular weight excluding hydrogens is 234 g/mol. The van der Waals surface area contributed by atoms with Gasteiger partial charge >= 0.3 is 0 Å². The van der Waals surface area contributed by atoms with E-state index in [-0.39, 0.29) is 5.25 Å². The van der Waals surface area contributed by atoms with Crippen LogP contribution in [-0.2, 0) is 10.0 Å². The van der Waals surface area contributed by atoms with Crippen molar-refractivity contribution in [3.63, 3.8) is 0 Å². The van der Waals surface area contributed by atoms with Gasteiger partial charge in [0.15, 0.2) is 0 Å². The highest BCUT2D eigenvalue weighted by Crippen LogP contribution is 2.38. The van der Waals surface area contributed by atoms with E-state index in [0.29, 0.717) is 11.8 Å². The van der Waals surface area contributed by atoms with Crippen LogP contribution < -0.4 is 5.14 Å². The Kier molecular flexibility index (Phi) is 4.47. The third kappa shape index (κ3) is 3.44. The highest BCUT2D eigenvalue weighted by atomic mass is 32.2. The van der Waals surface area contributed by atoms with E-state index in [1.807, 2.05) is 0 Å². The van der Waals surface area contributed by atoms with Crippen molar-refractivity contribution < 1.29 is 8.42 Å². The van der Waals surface area contributed by atoms with E-state index in [4.69, 9.17) is 5.14 Å². The van der Waals surface area contributed by atoms with E-state index >= 15 is 0 Å². The average molecular weight is 259 g/mol. The Hall–Kier alpha value is -0.0900. The van der Waals surface area contributed by atoms with Gasteiger partial charge in [0.05, 0.1) is 5.25 Å². The summed E-state index contributed by atoms with van der Waals surface area (Å²) < 4.78 is 23.8. The first-order chi connectivity index (χ1) is 8.09. The largest absolute Gasteiger partial charge is 0.228 e. The van der Waals surface area contributed by atoms with Crippen molar-refractivity contribution in [3.8, 4) is 0 Å². The fourth-order valence-electron chi connectivity index (χ4n) is 3.85. The molecule has 0 atom stereocenters. The lowest BCUT2D eigenvalue weighted by atomic mass is 9.77. The Bertz CT molecular complexity index is 309. The minimum atomic E-state index is -3.36. The van der Waals surface area contributed by atoms with Crippen molar-refractivity contribution >= 4 is 10.0 Å². The molecule has 100 valence electrons. The summed E-state index contributed by atoms with van der Waals surface area (Å²) in [5, 5.41) is 5.27. The number of hydrogen-bond acceptors (Lipinski definition) is 2. The van der Waals surface area contributed by atoms with Gasteiger partial charge in [0.25, 0.3) is 0 Å². The van der Waals surface area contributed by atoms with Crippen molar-refractivity contribution in [2.75, 3.05) is 0 Å². The van der Waals surface area contributed by atoms with Gasteiger partial charge in [0, 0.05) is 0 Å². The first kappa shape index (κ1) is 13.3. The zero-order chi connectivity index (χ0) is 12.3. The van der Waals surface area contributed by atoms with Crippen molar-refractivity contribution in [2.24, 2.45) is 17.0 Å². The summed E-state index contributed by atoms with van der Waals surface area (Å²) >= 11 is 0. The van der Waals surface area contributed by atoms with Crippen LogP contribution in [0.4, 0.5) is 0 Å². The van der Waals surface area contributed by atoms with Crippen molar-refractivity contribution in [1.29, 1.82) is 0 Å². The summed E-state index contributed by atoms with van der Waals surface area (Å²) in [4.78, 5) is 0. The highest BCUT2D eigenvalue weighted by Gasteiger charge is 2.38. The maximum absolute atomic E-state index is 11.9. The van der Waals surface area contributed by atoms with Crippen LogP contribution in [-0.4, -0.2) is 13.7 Å². The molecule has 0 aromatic heterocycles. The zero-order valence-electron chi connectivity index (χ0n) is 10.6. The molecule has 0 amide bonds. The fraction of sp³-hybridized carbons (Fsp3) is 1.00. The Morgan fingerprint density at radius 1 is 0.765 bits per heavy atom. The topological polar surface area (TPSA) is 60.2 Å². The van der Waals surface area contributed by atoms with Gasteiger partial charge < -0.3 is 0 Å². The highest BCUT2D eigenvalue weighted by molar-refractivity contribution is 7.89. The minimum Gasteiger partial charge on any atom is -0.228 e. The molecule has 0 aromatic carbocycles. The van der Waals surface area contributed by atoms with Crippen LogP contribution in [0.15, 0.2) is 0 Å². The minimum absolute atomic E-state index is 0.247. The second kappa shape index (κ2) is 5.70. The molecule has 0 spiro atoms. The Balaban J connectivity index is 2.11. The van der Waals surface area contributed by atoms with E-state index in [1.54, 1.807) is 0 Å². The second-order valence-corrected chi connectivity index (χ2v) is 7.57. The summed E-state index contributed by atoms with van der Waals surface area (Å²) in [6.45, 7) is 0. The van der Waals surface area contributed by atoms with E-state index in [1.165, 1.54) is 38.5 Å². The first-order valence-electron chi connectivity index (χ1n) is 7.10. The van der Waals surface area contributed by atoms with Crippen molar-refractivity contribution in [2.45, 2.75) is 69.5 Å². The molecule has 2 fully saturated rings. The van der Waals surface area contributed by atoms with Crippen LogP contribution in [0, 0.1) is 11.8 Å². The smallest absolute Gasteiger partial charge is 0.212 e. The molecule has 3 nitrogen and oxygen atoms in total. The Labute approximate surface area is 105 Å². The van der Waals surface area contributed by atoms with Crippen LogP contribution >= 0.6 is 0 Å². The van der Waals surface area contributed by atoms with Gasteiger partial charge in [-0.25, -0.2) is 13.6 Å². The molecule has 4 heteroatoms. The molecule has 0 radical (unpaired) electrons. The lowest BCUT2D eigenvalue weighted by molar-refractivity contribution is 0.247.